The van der Waals surface area contributed by atoms with Crippen molar-refractivity contribution in [1.29, 1.82) is 0 Å². The normalized spacial score (nSPS) is 13.5. The molecule has 12 nitrogen and oxygen atoms in total. The van der Waals surface area contributed by atoms with Gasteiger partial charge < -0.3 is 19.2 Å². The highest BCUT2D eigenvalue weighted by Crippen LogP contribution is 2.38. The molecular formula is C29H24ClF3N10O2. The molecule has 1 N–H and O–H groups in total. The zero-order chi connectivity index (χ0) is 31.6. The number of ether oxygens (including phenoxy) is 1. The minimum absolute atomic E-state index is 0.0171. The maximum Gasteiger partial charge on any atom is 0.416 e. The number of aromatic nitrogens is 8. The Kier molecular flexibility index (Phi) is 6.65. The molecule has 0 atom stereocenters. The molecule has 1 aliphatic carbocycles. The molecule has 0 radical (unpaired) electrons. The number of alkyl halides is 3. The highest BCUT2D eigenvalue weighted by Gasteiger charge is 2.33. The number of benzene rings is 1. The summed E-state index contributed by atoms with van der Waals surface area (Å²) in [5.74, 6) is 1.28. The molecule has 5 aromatic heterocycles. The first-order valence-corrected chi connectivity index (χ1v) is 14.1. The predicted octanol–water partition coefficient (Wildman–Crippen LogP) is 6.09. The van der Waals surface area contributed by atoms with Crippen LogP contribution in [0.5, 0.6) is 11.5 Å². The number of hydrogen-bond donors (Lipinski definition) is 1. The van der Waals surface area contributed by atoms with E-state index in [0.29, 0.717) is 28.3 Å². The summed E-state index contributed by atoms with van der Waals surface area (Å²) in [5.41, 5.74) is 1.43. The third-order valence-electron chi connectivity index (χ3n) is 7.49. The van der Waals surface area contributed by atoms with Gasteiger partial charge in [0.2, 0.25) is 11.9 Å². The van der Waals surface area contributed by atoms with E-state index in [2.05, 4.69) is 30.4 Å². The van der Waals surface area contributed by atoms with Gasteiger partial charge in [-0.15, -0.1) is 0 Å². The van der Waals surface area contributed by atoms with Gasteiger partial charge in [0.25, 0.3) is 0 Å². The summed E-state index contributed by atoms with van der Waals surface area (Å²) < 4.78 is 52.1. The van der Waals surface area contributed by atoms with Gasteiger partial charge in [-0.3, -0.25) is 9.69 Å². The number of fused-ring (bicyclic) bond motifs is 2. The topological polar surface area (TPSA) is 120 Å². The molecule has 0 spiro atoms. The quantitative estimate of drug-likeness (QED) is 0.224. The predicted molar refractivity (Wildman–Crippen MR) is 159 cm³/mol. The standard InChI is InChI=1S/C29H24ClF3N10O2/c1-15-12-42(14-36-15)19-7-17(29(31,32)33)6-18(8-19)38-28-39-26-25(41(28)3)24(30)22(10-35-26)45-21-11-37-43-13-23(34-9-20(21)43)40(2)27(44)16-4-5-16/h6-14,16H,4-5H2,1-3H3,(H,35,38,39). The van der Waals surface area contributed by atoms with E-state index in [1.807, 2.05) is 0 Å². The number of carbonyl (C=O) groups excluding carboxylic acids is 1. The second kappa shape index (κ2) is 10.5. The van der Waals surface area contributed by atoms with Gasteiger partial charge in [-0.25, -0.2) is 19.5 Å². The molecule has 0 bridgehead atoms. The Hall–Kier alpha value is -5.18. The van der Waals surface area contributed by atoms with E-state index >= 15 is 0 Å². The number of rotatable bonds is 7. The molecule has 5 heterocycles. The van der Waals surface area contributed by atoms with Gasteiger partial charge in [-0.05, 0) is 38.0 Å². The Balaban J connectivity index is 1.18. The van der Waals surface area contributed by atoms with Crippen molar-refractivity contribution >= 4 is 51.6 Å². The minimum atomic E-state index is -4.58. The lowest BCUT2D eigenvalue weighted by atomic mass is 10.1. The van der Waals surface area contributed by atoms with E-state index in [-0.39, 0.29) is 45.6 Å². The summed E-state index contributed by atoms with van der Waals surface area (Å²) in [6.45, 7) is 1.75. The molecule has 230 valence electrons. The maximum atomic E-state index is 13.8. The second-order valence-electron chi connectivity index (χ2n) is 10.8. The van der Waals surface area contributed by atoms with Gasteiger partial charge in [0.15, 0.2) is 23.0 Å². The summed E-state index contributed by atoms with van der Waals surface area (Å²) in [6.07, 6.45) is 6.35. The molecule has 0 aliphatic heterocycles. The van der Waals surface area contributed by atoms with Crippen molar-refractivity contribution in [2.24, 2.45) is 13.0 Å². The number of nitrogens with zero attached hydrogens (tertiary/aromatic N) is 9. The molecule has 1 amide bonds. The van der Waals surface area contributed by atoms with Gasteiger partial charge in [-0.1, -0.05) is 11.6 Å². The third kappa shape index (κ3) is 5.28. The molecule has 0 unspecified atom stereocenters. The smallest absolute Gasteiger partial charge is 0.416 e. The number of amides is 1. The fourth-order valence-corrected chi connectivity index (χ4v) is 5.22. The monoisotopic (exact) mass is 636 g/mol. The van der Waals surface area contributed by atoms with E-state index in [4.69, 9.17) is 16.3 Å². The number of aryl methyl sites for hydroxylation is 2. The van der Waals surface area contributed by atoms with E-state index in [1.54, 1.807) is 54.8 Å². The van der Waals surface area contributed by atoms with Crippen LogP contribution in [0.4, 0.5) is 30.6 Å². The SMILES string of the molecule is Cc1cn(-c2cc(Nc3nc4ncc(Oc5cnn6cc(N(C)C(=O)C7CC7)ncc56)c(Cl)c4n3C)cc(C(F)(F)F)c2)cn1. The molecule has 1 saturated carbocycles. The Bertz CT molecular complexity index is 2110. The molecule has 6 aromatic rings. The van der Waals surface area contributed by atoms with E-state index < -0.39 is 11.7 Å². The van der Waals surface area contributed by atoms with Crippen LogP contribution >= 0.6 is 11.6 Å². The van der Waals surface area contributed by atoms with Crippen molar-refractivity contribution in [3.8, 4) is 17.2 Å². The van der Waals surface area contributed by atoms with Crippen molar-refractivity contribution in [3.63, 3.8) is 0 Å². The molecule has 16 heteroatoms. The average Bonchev–Trinajstić information content (AvgIpc) is 3.53. The largest absolute Gasteiger partial charge is 0.450 e. The highest BCUT2D eigenvalue weighted by molar-refractivity contribution is 6.36. The van der Waals surface area contributed by atoms with Crippen LogP contribution in [0.15, 0.2) is 55.5 Å². The number of halogens is 4. The number of hydrogen-bond acceptors (Lipinski definition) is 8. The van der Waals surface area contributed by atoms with Crippen molar-refractivity contribution < 1.29 is 22.7 Å². The Morgan fingerprint density at radius 2 is 1.89 bits per heavy atom. The second-order valence-corrected chi connectivity index (χ2v) is 11.2. The molecule has 7 rings (SSSR count). The van der Waals surface area contributed by atoms with Crippen molar-refractivity contribution in [3.05, 3.63) is 71.8 Å². The van der Waals surface area contributed by atoms with Gasteiger partial charge in [0.1, 0.15) is 16.1 Å². The summed E-state index contributed by atoms with van der Waals surface area (Å²) >= 11 is 6.76. The van der Waals surface area contributed by atoms with Crippen LogP contribution in [-0.4, -0.2) is 51.6 Å². The van der Waals surface area contributed by atoms with E-state index in [0.717, 1.165) is 25.0 Å². The lowest BCUT2D eigenvalue weighted by Crippen LogP contribution is -2.28. The maximum absolute atomic E-state index is 13.8. The number of carbonyl (C=O) groups is 1. The van der Waals surface area contributed by atoms with Gasteiger partial charge >= 0.3 is 6.18 Å². The average molecular weight is 637 g/mol. The fraction of sp³-hybridized carbons (Fsp3) is 0.241. The first-order valence-electron chi connectivity index (χ1n) is 13.8. The van der Waals surface area contributed by atoms with Gasteiger partial charge in [-0.2, -0.15) is 23.3 Å². The summed E-state index contributed by atoms with van der Waals surface area (Å²) in [4.78, 5) is 31.3. The van der Waals surface area contributed by atoms with Crippen LogP contribution in [-0.2, 0) is 18.0 Å². The minimum Gasteiger partial charge on any atom is -0.450 e. The molecule has 45 heavy (non-hydrogen) atoms. The van der Waals surface area contributed by atoms with Crippen LogP contribution in [0.2, 0.25) is 5.02 Å². The van der Waals surface area contributed by atoms with Crippen molar-refractivity contribution in [2.75, 3.05) is 17.3 Å². The molecule has 0 saturated heterocycles. The van der Waals surface area contributed by atoms with Gasteiger partial charge in [0, 0.05) is 37.6 Å². The molecule has 1 aromatic carbocycles. The molecule has 1 aliphatic rings. The molecular weight excluding hydrogens is 613 g/mol. The fourth-order valence-electron chi connectivity index (χ4n) is 4.92. The van der Waals surface area contributed by atoms with Crippen LogP contribution in [0.25, 0.3) is 22.4 Å². The lowest BCUT2D eigenvalue weighted by Gasteiger charge is -2.15. The number of imidazole rings is 2. The number of anilines is 3. The van der Waals surface area contributed by atoms with Crippen molar-refractivity contribution in [2.45, 2.75) is 25.9 Å². The summed E-state index contributed by atoms with van der Waals surface area (Å²) in [6, 6.07) is 3.61. The Labute approximate surface area is 258 Å². The Morgan fingerprint density at radius 1 is 1.09 bits per heavy atom. The first kappa shape index (κ1) is 28.6. The lowest BCUT2D eigenvalue weighted by molar-refractivity contribution is -0.137. The summed E-state index contributed by atoms with van der Waals surface area (Å²) in [5, 5.41) is 7.48. The first-order chi connectivity index (χ1) is 21.5. The van der Waals surface area contributed by atoms with Crippen molar-refractivity contribution in [1.82, 2.24) is 38.7 Å². The van der Waals surface area contributed by atoms with Crippen LogP contribution < -0.4 is 15.0 Å². The van der Waals surface area contributed by atoms with Crippen LogP contribution in [0, 0.1) is 12.8 Å². The number of pyridine rings is 1. The van der Waals surface area contributed by atoms with Crippen LogP contribution in [0.3, 0.4) is 0 Å². The van der Waals surface area contributed by atoms with E-state index in [1.165, 1.54) is 28.2 Å². The zero-order valence-corrected chi connectivity index (χ0v) is 24.8. The highest BCUT2D eigenvalue weighted by atomic mass is 35.5. The van der Waals surface area contributed by atoms with E-state index in [9.17, 15) is 18.0 Å². The van der Waals surface area contributed by atoms with Gasteiger partial charge in [0.05, 0.1) is 42.4 Å². The third-order valence-corrected chi connectivity index (χ3v) is 7.86. The van der Waals surface area contributed by atoms with Crippen LogP contribution in [0.1, 0.15) is 24.1 Å². The number of nitrogens with one attached hydrogen (secondary N) is 1. The Morgan fingerprint density at radius 3 is 2.60 bits per heavy atom. The zero-order valence-electron chi connectivity index (χ0n) is 24.0. The molecule has 1 fully saturated rings. The summed E-state index contributed by atoms with van der Waals surface area (Å²) in [7, 11) is 3.34.